The van der Waals surface area contributed by atoms with E-state index in [-0.39, 0.29) is 15.9 Å². The van der Waals surface area contributed by atoms with Crippen LogP contribution >= 0.6 is 46.1 Å². The number of halogens is 4. The van der Waals surface area contributed by atoms with Gasteiger partial charge in [-0.1, -0.05) is 52.2 Å². The molecule has 3 aromatic rings. The Hall–Kier alpha value is -1.99. The van der Waals surface area contributed by atoms with E-state index in [4.69, 9.17) is 34.8 Å². The van der Waals surface area contributed by atoms with E-state index < -0.39 is 5.91 Å². The van der Waals surface area contributed by atoms with Gasteiger partial charge in [0.05, 0.1) is 5.03 Å². The van der Waals surface area contributed by atoms with E-state index in [1.165, 1.54) is 24.3 Å². The van der Waals surface area contributed by atoms with Gasteiger partial charge in [-0.3, -0.25) is 4.79 Å². The summed E-state index contributed by atoms with van der Waals surface area (Å²) in [5, 5.41) is 12.1. The highest BCUT2D eigenvalue weighted by atomic mass is 35.5. The SMILES string of the molecule is O=C(Nc1ccc(F)cc1)c1nnc(/C(Cl)=C/c2ccc(Cl)cc2Cl)s1. The molecule has 0 spiro atoms. The van der Waals surface area contributed by atoms with Gasteiger partial charge in [0.2, 0.25) is 5.01 Å². The Balaban J connectivity index is 1.77. The highest BCUT2D eigenvalue weighted by molar-refractivity contribution is 7.15. The molecule has 1 heterocycles. The molecule has 4 nitrogen and oxygen atoms in total. The Kier molecular flexibility index (Phi) is 5.88. The molecule has 0 saturated carbocycles. The topological polar surface area (TPSA) is 54.9 Å². The maximum atomic E-state index is 12.9. The minimum absolute atomic E-state index is 0.123. The van der Waals surface area contributed by atoms with Crippen LogP contribution in [0.2, 0.25) is 10.0 Å². The number of carbonyl (C=O) groups excluding carboxylic acids is 1. The van der Waals surface area contributed by atoms with E-state index in [0.29, 0.717) is 26.3 Å². The molecule has 0 aliphatic rings. The largest absolute Gasteiger partial charge is 0.320 e. The lowest BCUT2D eigenvalue weighted by molar-refractivity contribution is 0.102. The van der Waals surface area contributed by atoms with Gasteiger partial charge in [0.25, 0.3) is 5.91 Å². The number of aromatic nitrogens is 2. The summed E-state index contributed by atoms with van der Waals surface area (Å²) in [6.07, 6.45) is 1.61. The predicted molar refractivity (Wildman–Crippen MR) is 104 cm³/mol. The molecule has 0 saturated heterocycles. The second kappa shape index (κ2) is 8.14. The van der Waals surface area contributed by atoms with E-state index in [1.807, 2.05) is 0 Å². The molecule has 1 aromatic heterocycles. The Morgan fingerprint density at radius 2 is 1.77 bits per heavy atom. The van der Waals surface area contributed by atoms with Gasteiger partial charge >= 0.3 is 0 Å². The van der Waals surface area contributed by atoms with Crippen LogP contribution < -0.4 is 5.32 Å². The molecule has 0 atom stereocenters. The molecule has 1 N–H and O–H groups in total. The molecule has 9 heteroatoms. The van der Waals surface area contributed by atoms with Crippen molar-refractivity contribution >= 4 is 68.8 Å². The molecule has 0 aliphatic carbocycles. The standard InChI is InChI=1S/C17H9Cl3FN3OS/c18-10-2-1-9(13(19)8-10)7-14(20)16-23-24-17(26-16)15(25)22-12-5-3-11(21)4-6-12/h1-8H,(H,22,25)/b14-7-. The quantitative estimate of drug-likeness (QED) is 0.556. The Bertz CT molecular complexity index is 989. The third-order valence-corrected chi connectivity index (χ3v) is 5.09. The molecule has 0 aliphatic heterocycles. The zero-order chi connectivity index (χ0) is 18.7. The first-order chi connectivity index (χ1) is 12.4. The lowest BCUT2D eigenvalue weighted by atomic mass is 10.2. The van der Waals surface area contributed by atoms with Gasteiger partial charge in [0.15, 0.2) is 5.01 Å². The van der Waals surface area contributed by atoms with Crippen LogP contribution in [-0.2, 0) is 0 Å². The molecule has 0 bridgehead atoms. The van der Waals surface area contributed by atoms with Crippen LogP contribution in [0.4, 0.5) is 10.1 Å². The van der Waals surface area contributed by atoms with Gasteiger partial charge in [-0.25, -0.2) is 4.39 Å². The fourth-order valence-corrected chi connectivity index (χ4v) is 3.33. The van der Waals surface area contributed by atoms with Crippen molar-refractivity contribution in [1.29, 1.82) is 0 Å². The maximum Gasteiger partial charge on any atom is 0.286 e. The molecule has 0 fully saturated rings. The highest BCUT2D eigenvalue weighted by Crippen LogP contribution is 2.29. The van der Waals surface area contributed by atoms with Crippen LogP contribution in [0, 0.1) is 5.82 Å². The first-order valence-electron chi connectivity index (χ1n) is 7.15. The minimum atomic E-state index is -0.464. The number of rotatable bonds is 4. The zero-order valence-electron chi connectivity index (χ0n) is 12.8. The van der Waals surface area contributed by atoms with Crippen molar-refractivity contribution in [3.63, 3.8) is 0 Å². The predicted octanol–water partition coefficient (Wildman–Crippen LogP) is 5.97. The number of hydrogen-bond donors (Lipinski definition) is 1. The van der Waals surface area contributed by atoms with E-state index in [0.717, 1.165) is 11.3 Å². The first-order valence-corrected chi connectivity index (χ1v) is 9.10. The Morgan fingerprint density at radius 3 is 2.46 bits per heavy atom. The molecule has 3 rings (SSSR count). The van der Waals surface area contributed by atoms with Crippen molar-refractivity contribution in [3.05, 3.63) is 73.9 Å². The summed E-state index contributed by atoms with van der Waals surface area (Å²) in [6.45, 7) is 0. The molecule has 132 valence electrons. The third kappa shape index (κ3) is 4.59. The summed E-state index contributed by atoms with van der Waals surface area (Å²) in [4.78, 5) is 12.2. The number of nitrogens with one attached hydrogen (secondary N) is 1. The number of hydrogen-bond acceptors (Lipinski definition) is 4. The first kappa shape index (κ1) is 18.8. The molecular weight excluding hydrogens is 420 g/mol. The number of benzene rings is 2. The van der Waals surface area contributed by atoms with E-state index in [9.17, 15) is 9.18 Å². The van der Waals surface area contributed by atoms with Crippen molar-refractivity contribution in [1.82, 2.24) is 10.2 Å². The second-order valence-electron chi connectivity index (χ2n) is 5.03. The van der Waals surface area contributed by atoms with Gasteiger partial charge in [-0.05, 0) is 48.0 Å². The molecule has 0 unspecified atom stereocenters. The van der Waals surface area contributed by atoms with Gasteiger partial charge < -0.3 is 5.32 Å². The molecule has 0 radical (unpaired) electrons. The summed E-state index contributed by atoms with van der Waals surface area (Å²) < 4.78 is 12.9. The van der Waals surface area contributed by atoms with Crippen LogP contribution in [0.5, 0.6) is 0 Å². The lowest BCUT2D eigenvalue weighted by Gasteiger charge is -2.01. The van der Waals surface area contributed by atoms with E-state index in [2.05, 4.69) is 15.5 Å². The smallest absolute Gasteiger partial charge is 0.286 e. The summed E-state index contributed by atoms with van der Waals surface area (Å²) >= 11 is 19.2. The van der Waals surface area contributed by atoms with Crippen molar-refractivity contribution in [2.24, 2.45) is 0 Å². The fourth-order valence-electron chi connectivity index (χ4n) is 1.95. The average molecular weight is 429 g/mol. The monoisotopic (exact) mass is 427 g/mol. The van der Waals surface area contributed by atoms with Gasteiger partial charge in [0, 0.05) is 15.7 Å². The molecular formula is C17H9Cl3FN3OS. The molecule has 1 amide bonds. The summed E-state index contributed by atoms with van der Waals surface area (Å²) in [5.41, 5.74) is 1.11. The van der Waals surface area contributed by atoms with Gasteiger partial charge in [-0.2, -0.15) is 0 Å². The van der Waals surface area contributed by atoms with Crippen molar-refractivity contribution < 1.29 is 9.18 Å². The average Bonchev–Trinajstić information content (AvgIpc) is 3.10. The second-order valence-corrected chi connectivity index (χ2v) is 7.26. The number of carbonyl (C=O) groups is 1. The van der Waals surface area contributed by atoms with Gasteiger partial charge in [0.1, 0.15) is 5.82 Å². The fraction of sp³-hybridized carbons (Fsp3) is 0. The van der Waals surface area contributed by atoms with Crippen LogP contribution in [-0.4, -0.2) is 16.1 Å². The summed E-state index contributed by atoms with van der Waals surface area (Å²) in [7, 11) is 0. The normalized spacial score (nSPS) is 11.5. The zero-order valence-corrected chi connectivity index (χ0v) is 15.9. The van der Waals surface area contributed by atoms with E-state index in [1.54, 1.807) is 24.3 Å². The lowest BCUT2D eigenvalue weighted by Crippen LogP contribution is -2.11. The molecule has 2 aromatic carbocycles. The summed E-state index contributed by atoms with van der Waals surface area (Å²) in [6, 6.07) is 10.4. The van der Waals surface area contributed by atoms with Crippen molar-refractivity contribution in [3.8, 4) is 0 Å². The van der Waals surface area contributed by atoms with Crippen LogP contribution in [0.15, 0.2) is 42.5 Å². The Morgan fingerprint density at radius 1 is 1.08 bits per heavy atom. The Labute approximate surface area is 167 Å². The summed E-state index contributed by atoms with van der Waals surface area (Å²) in [5.74, 6) is -0.853. The van der Waals surface area contributed by atoms with Gasteiger partial charge in [-0.15, -0.1) is 10.2 Å². The maximum absolute atomic E-state index is 12.9. The van der Waals surface area contributed by atoms with Crippen LogP contribution in [0.1, 0.15) is 20.4 Å². The van der Waals surface area contributed by atoms with Crippen molar-refractivity contribution in [2.75, 3.05) is 5.32 Å². The number of nitrogens with zero attached hydrogens (tertiary/aromatic N) is 2. The van der Waals surface area contributed by atoms with Crippen LogP contribution in [0.3, 0.4) is 0 Å². The highest BCUT2D eigenvalue weighted by Gasteiger charge is 2.15. The van der Waals surface area contributed by atoms with Crippen LogP contribution in [0.25, 0.3) is 11.1 Å². The van der Waals surface area contributed by atoms with Crippen molar-refractivity contribution in [2.45, 2.75) is 0 Å². The molecule has 26 heavy (non-hydrogen) atoms. The van der Waals surface area contributed by atoms with E-state index >= 15 is 0 Å². The number of anilines is 1. The number of amides is 1. The minimum Gasteiger partial charge on any atom is -0.320 e. The third-order valence-electron chi connectivity index (χ3n) is 3.17.